The maximum Gasteiger partial charge on any atom is 0.339 e. The van der Waals surface area contributed by atoms with Crippen LogP contribution < -0.4 is 5.56 Å². The first kappa shape index (κ1) is 17.5. The van der Waals surface area contributed by atoms with Crippen molar-refractivity contribution >= 4 is 34.1 Å². The lowest BCUT2D eigenvalue weighted by Gasteiger charge is -2.23. The van der Waals surface area contributed by atoms with Crippen molar-refractivity contribution in [2.45, 2.75) is 18.9 Å². The third-order valence-corrected chi connectivity index (χ3v) is 5.72. The summed E-state index contributed by atoms with van der Waals surface area (Å²) in [6.07, 6.45) is 1.85. The average molecular weight is 382 g/mol. The number of fused-ring (bicyclic) bond motifs is 1. The van der Waals surface area contributed by atoms with Gasteiger partial charge in [0.25, 0.3) is 5.91 Å². The fraction of sp³-hybridized carbons (Fsp3) is 0.250. The molecule has 7 heteroatoms. The molecule has 0 saturated carbocycles. The van der Waals surface area contributed by atoms with Crippen molar-refractivity contribution in [3.63, 3.8) is 0 Å². The molecule has 138 valence electrons. The van der Waals surface area contributed by atoms with Gasteiger partial charge in [-0.3, -0.25) is 9.59 Å². The van der Waals surface area contributed by atoms with Crippen LogP contribution in [0.25, 0.3) is 10.9 Å². The SMILES string of the molecule is O=C(OCC(=O)N1CCCC1c1cccs1)c1cc(=O)[nH]c2ccccc12. The quantitative estimate of drug-likeness (QED) is 0.703. The number of thiophene rings is 1. The molecule has 0 spiro atoms. The van der Waals surface area contributed by atoms with Gasteiger partial charge in [-0.1, -0.05) is 24.3 Å². The minimum absolute atomic E-state index is 0.0524. The molecule has 0 bridgehead atoms. The molecule has 1 saturated heterocycles. The Morgan fingerprint density at radius 1 is 1.22 bits per heavy atom. The van der Waals surface area contributed by atoms with Crippen molar-refractivity contribution in [1.82, 2.24) is 9.88 Å². The first-order valence-corrected chi connectivity index (χ1v) is 9.63. The Balaban J connectivity index is 1.48. The van der Waals surface area contributed by atoms with Gasteiger partial charge in [-0.15, -0.1) is 11.3 Å². The van der Waals surface area contributed by atoms with Crippen LogP contribution in [0.15, 0.2) is 52.6 Å². The normalized spacial score (nSPS) is 16.6. The van der Waals surface area contributed by atoms with Crippen LogP contribution in [-0.2, 0) is 9.53 Å². The van der Waals surface area contributed by atoms with Crippen LogP contribution in [-0.4, -0.2) is 34.9 Å². The van der Waals surface area contributed by atoms with Crippen molar-refractivity contribution in [3.8, 4) is 0 Å². The van der Waals surface area contributed by atoms with Gasteiger partial charge in [-0.25, -0.2) is 4.79 Å². The van der Waals surface area contributed by atoms with Gasteiger partial charge in [0, 0.05) is 28.4 Å². The number of nitrogens with zero attached hydrogens (tertiary/aromatic N) is 1. The number of esters is 1. The number of carbonyl (C=O) groups is 2. The lowest BCUT2D eigenvalue weighted by Crippen LogP contribution is -2.34. The van der Waals surface area contributed by atoms with E-state index in [1.54, 1.807) is 40.5 Å². The number of aromatic amines is 1. The Morgan fingerprint density at radius 3 is 2.89 bits per heavy atom. The molecular weight excluding hydrogens is 364 g/mol. The predicted molar refractivity (Wildman–Crippen MR) is 103 cm³/mol. The van der Waals surface area contributed by atoms with E-state index in [0.29, 0.717) is 17.4 Å². The largest absolute Gasteiger partial charge is 0.452 e. The molecule has 1 fully saturated rings. The van der Waals surface area contributed by atoms with Crippen molar-refractivity contribution in [2.24, 2.45) is 0 Å². The summed E-state index contributed by atoms with van der Waals surface area (Å²) in [5.74, 6) is -0.883. The topological polar surface area (TPSA) is 79.5 Å². The summed E-state index contributed by atoms with van der Waals surface area (Å²) >= 11 is 1.63. The van der Waals surface area contributed by atoms with Crippen LogP contribution >= 0.6 is 11.3 Å². The highest BCUT2D eigenvalue weighted by atomic mass is 32.1. The molecule has 3 heterocycles. The molecule has 1 N–H and O–H groups in total. The summed E-state index contributed by atoms with van der Waals surface area (Å²) in [5.41, 5.74) is 0.336. The molecule has 0 aliphatic carbocycles. The minimum atomic E-state index is -0.669. The first-order valence-electron chi connectivity index (χ1n) is 8.75. The number of benzene rings is 1. The van der Waals surface area contributed by atoms with Gasteiger partial charge in [0.1, 0.15) is 0 Å². The number of pyridine rings is 1. The standard InChI is InChI=1S/C20H18N2O4S/c23-18-11-14(13-5-1-2-6-15(13)21-18)20(25)26-12-19(24)22-9-3-7-16(22)17-8-4-10-27-17/h1-2,4-6,8,10-11,16H,3,7,9,12H2,(H,21,23). The van der Waals surface area contributed by atoms with Gasteiger partial charge in [-0.2, -0.15) is 0 Å². The van der Waals surface area contributed by atoms with Crippen LogP contribution in [0.3, 0.4) is 0 Å². The number of carbonyl (C=O) groups excluding carboxylic acids is 2. The van der Waals surface area contributed by atoms with Crippen LogP contribution in [0.4, 0.5) is 0 Å². The van der Waals surface area contributed by atoms with Crippen LogP contribution in [0.5, 0.6) is 0 Å². The van der Waals surface area contributed by atoms with Gasteiger partial charge >= 0.3 is 5.97 Å². The summed E-state index contributed by atoms with van der Waals surface area (Å²) in [4.78, 5) is 42.5. The zero-order valence-corrected chi connectivity index (χ0v) is 15.3. The number of hydrogen-bond acceptors (Lipinski definition) is 5. The van der Waals surface area contributed by atoms with Gasteiger partial charge < -0.3 is 14.6 Å². The second-order valence-electron chi connectivity index (χ2n) is 6.43. The van der Waals surface area contributed by atoms with Gasteiger partial charge in [0.05, 0.1) is 11.6 Å². The van der Waals surface area contributed by atoms with E-state index in [4.69, 9.17) is 4.74 Å². The Bertz CT molecular complexity index is 1040. The zero-order valence-electron chi connectivity index (χ0n) is 14.5. The second-order valence-corrected chi connectivity index (χ2v) is 7.41. The number of aromatic nitrogens is 1. The van der Waals surface area contributed by atoms with Crippen molar-refractivity contribution in [1.29, 1.82) is 0 Å². The highest BCUT2D eigenvalue weighted by Crippen LogP contribution is 2.34. The minimum Gasteiger partial charge on any atom is -0.452 e. The summed E-state index contributed by atoms with van der Waals surface area (Å²) < 4.78 is 5.25. The van der Waals surface area contributed by atoms with E-state index in [9.17, 15) is 14.4 Å². The Morgan fingerprint density at radius 2 is 2.07 bits per heavy atom. The highest BCUT2D eigenvalue weighted by molar-refractivity contribution is 7.10. The number of rotatable bonds is 4. The highest BCUT2D eigenvalue weighted by Gasteiger charge is 2.31. The number of H-pyrrole nitrogens is 1. The van der Waals surface area contributed by atoms with Crippen molar-refractivity contribution < 1.29 is 14.3 Å². The predicted octanol–water partition coefficient (Wildman–Crippen LogP) is 3.11. The third kappa shape index (κ3) is 3.50. The molecule has 1 unspecified atom stereocenters. The molecule has 1 aromatic carbocycles. The van der Waals surface area contributed by atoms with Gasteiger partial charge in [0.2, 0.25) is 5.56 Å². The van der Waals surface area contributed by atoms with E-state index in [-0.39, 0.29) is 29.7 Å². The second kappa shape index (κ2) is 7.36. The Labute approximate surface area is 159 Å². The van der Waals surface area contributed by atoms with Crippen LogP contribution in [0.2, 0.25) is 0 Å². The van der Waals surface area contributed by atoms with Gasteiger partial charge in [0.15, 0.2) is 6.61 Å². The van der Waals surface area contributed by atoms with Crippen molar-refractivity contribution in [2.75, 3.05) is 13.2 Å². The molecule has 1 atom stereocenters. The first-order chi connectivity index (χ1) is 13.1. The van der Waals surface area contributed by atoms with Gasteiger partial charge in [-0.05, 0) is 30.4 Å². The molecule has 6 nitrogen and oxygen atoms in total. The van der Waals surface area contributed by atoms with Crippen LogP contribution in [0, 0.1) is 0 Å². The molecule has 1 aliphatic heterocycles. The number of hydrogen-bond donors (Lipinski definition) is 1. The van der Waals surface area contributed by atoms with E-state index >= 15 is 0 Å². The fourth-order valence-electron chi connectivity index (χ4n) is 3.50. The van der Waals surface area contributed by atoms with E-state index in [1.165, 1.54) is 6.07 Å². The molecule has 3 aromatic rings. The van der Waals surface area contributed by atoms with Crippen molar-refractivity contribution in [3.05, 3.63) is 68.6 Å². The maximum atomic E-state index is 12.6. The molecule has 4 rings (SSSR count). The average Bonchev–Trinajstić information content (AvgIpc) is 3.36. The summed E-state index contributed by atoms with van der Waals surface area (Å²) in [5, 5.41) is 2.58. The van der Waals surface area contributed by atoms with E-state index < -0.39 is 5.97 Å². The maximum absolute atomic E-state index is 12.6. The Hall–Kier alpha value is -2.93. The summed E-state index contributed by atoms with van der Waals surface area (Å²) in [7, 11) is 0. The summed E-state index contributed by atoms with van der Waals surface area (Å²) in [6, 6.07) is 12.3. The Kier molecular flexibility index (Phi) is 4.77. The number of likely N-dealkylation sites (tertiary alicyclic amines) is 1. The molecular formula is C20H18N2O4S. The lowest BCUT2D eigenvalue weighted by atomic mass is 10.1. The molecule has 1 aliphatic rings. The molecule has 1 amide bonds. The molecule has 0 radical (unpaired) electrons. The van der Waals surface area contributed by atoms with E-state index in [0.717, 1.165) is 17.7 Å². The monoisotopic (exact) mass is 382 g/mol. The van der Waals surface area contributed by atoms with Crippen LogP contribution in [0.1, 0.15) is 34.1 Å². The summed E-state index contributed by atoms with van der Waals surface area (Å²) in [6.45, 7) is 0.328. The third-order valence-electron chi connectivity index (χ3n) is 4.74. The number of para-hydroxylation sites is 1. The molecule has 27 heavy (non-hydrogen) atoms. The lowest BCUT2D eigenvalue weighted by molar-refractivity contribution is -0.135. The smallest absolute Gasteiger partial charge is 0.339 e. The number of ether oxygens (including phenoxy) is 1. The number of amides is 1. The van der Waals surface area contributed by atoms with E-state index in [1.807, 2.05) is 17.5 Å². The fourth-order valence-corrected chi connectivity index (χ4v) is 4.38. The number of nitrogens with one attached hydrogen (secondary N) is 1. The van der Waals surface area contributed by atoms with E-state index in [2.05, 4.69) is 4.98 Å². The molecule has 2 aromatic heterocycles. The zero-order chi connectivity index (χ0) is 18.8.